The number of hydrogen-bond acceptors (Lipinski definition) is 2. The van der Waals surface area contributed by atoms with Crippen LogP contribution in [0.15, 0.2) is 0 Å². The molecule has 0 bridgehead atoms. The standard InChI is InChI=1S/C10H15F3N2/c1-9(8-14)2-5-15(6-3-9)7-4-10(11,12)13/h2-7H2,1H3. The van der Waals surface area contributed by atoms with Crippen molar-refractivity contribution in [3.8, 4) is 6.07 Å². The topological polar surface area (TPSA) is 27.0 Å². The number of rotatable bonds is 2. The highest BCUT2D eigenvalue weighted by Crippen LogP contribution is 2.30. The highest BCUT2D eigenvalue weighted by molar-refractivity contribution is 4.98. The van der Waals surface area contributed by atoms with E-state index in [9.17, 15) is 13.2 Å². The van der Waals surface area contributed by atoms with Gasteiger partial charge in [0, 0.05) is 6.54 Å². The molecular weight excluding hydrogens is 205 g/mol. The van der Waals surface area contributed by atoms with Crippen molar-refractivity contribution >= 4 is 0 Å². The average molecular weight is 220 g/mol. The zero-order valence-corrected chi connectivity index (χ0v) is 8.77. The summed E-state index contributed by atoms with van der Waals surface area (Å²) in [6.07, 6.45) is -3.49. The maximum absolute atomic E-state index is 11.9. The van der Waals surface area contributed by atoms with Gasteiger partial charge in [0.2, 0.25) is 0 Å². The Hall–Kier alpha value is -0.760. The van der Waals surface area contributed by atoms with E-state index in [0.717, 1.165) is 0 Å². The first-order valence-corrected chi connectivity index (χ1v) is 5.05. The van der Waals surface area contributed by atoms with Gasteiger partial charge in [0.1, 0.15) is 0 Å². The number of nitriles is 1. The predicted molar refractivity (Wildman–Crippen MR) is 50.1 cm³/mol. The summed E-state index contributed by atoms with van der Waals surface area (Å²) in [5, 5.41) is 8.85. The first-order valence-electron chi connectivity index (χ1n) is 5.05. The van der Waals surface area contributed by atoms with Crippen LogP contribution in [0.25, 0.3) is 0 Å². The lowest BCUT2D eigenvalue weighted by Gasteiger charge is -2.34. The molecule has 0 N–H and O–H groups in total. The molecule has 15 heavy (non-hydrogen) atoms. The lowest BCUT2D eigenvalue weighted by Crippen LogP contribution is -2.39. The van der Waals surface area contributed by atoms with Crippen molar-refractivity contribution in [3.05, 3.63) is 0 Å². The van der Waals surface area contributed by atoms with Crippen LogP contribution >= 0.6 is 0 Å². The molecule has 1 saturated heterocycles. The van der Waals surface area contributed by atoms with E-state index in [1.165, 1.54) is 0 Å². The Bertz CT molecular complexity index is 246. The van der Waals surface area contributed by atoms with Crippen molar-refractivity contribution in [2.75, 3.05) is 19.6 Å². The summed E-state index contributed by atoms with van der Waals surface area (Å²) in [7, 11) is 0. The Labute approximate surface area is 87.7 Å². The van der Waals surface area contributed by atoms with E-state index in [2.05, 4.69) is 6.07 Å². The number of nitrogens with zero attached hydrogens (tertiary/aromatic N) is 2. The fourth-order valence-corrected chi connectivity index (χ4v) is 1.67. The first kappa shape index (κ1) is 12.3. The van der Waals surface area contributed by atoms with Crippen LogP contribution in [-0.2, 0) is 0 Å². The van der Waals surface area contributed by atoms with Crippen LogP contribution in [0.1, 0.15) is 26.2 Å². The predicted octanol–water partition coefficient (Wildman–Crippen LogP) is 2.56. The second kappa shape index (κ2) is 4.40. The van der Waals surface area contributed by atoms with E-state index in [4.69, 9.17) is 5.26 Å². The van der Waals surface area contributed by atoms with Gasteiger partial charge in [-0.1, -0.05) is 0 Å². The summed E-state index contributed by atoms with van der Waals surface area (Å²) >= 11 is 0. The summed E-state index contributed by atoms with van der Waals surface area (Å²) in [6, 6.07) is 2.22. The lowest BCUT2D eigenvalue weighted by molar-refractivity contribution is -0.138. The smallest absolute Gasteiger partial charge is 0.303 e. The minimum absolute atomic E-state index is 0.0605. The van der Waals surface area contributed by atoms with Gasteiger partial charge in [0.25, 0.3) is 0 Å². The normalized spacial score (nSPS) is 22.3. The molecule has 2 nitrogen and oxygen atoms in total. The van der Waals surface area contributed by atoms with Crippen molar-refractivity contribution in [3.63, 3.8) is 0 Å². The molecule has 0 aromatic rings. The minimum Gasteiger partial charge on any atom is -0.303 e. The van der Waals surface area contributed by atoms with Crippen LogP contribution in [-0.4, -0.2) is 30.7 Å². The van der Waals surface area contributed by atoms with Gasteiger partial charge >= 0.3 is 6.18 Å². The van der Waals surface area contributed by atoms with E-state index < -0.39 is 12.6 Å². The van der Waals surface area contributed by atoms with Gasteiger partial charge in [-0.2, -0.15) is 18.4 Å². The molecule has 0 radical (unpaired) electrons. The Kier molecular flexibility index (Phi) is 3.61. The highest BCUT2D eigenvalue weighted by Gasteiger charge is 2.32. The van der Waals surface area contributed by atoms with E-state index >= 15 is 0 Å². The molecule has 1 fully saturated rings. The van der Waals surface area contributed by atoms with Gasteiger partial charge in [-0.15, -0.1) is 0 Å². The maximum Gasteiger partial charge on any atom is 0.390 e. The van der Waals surface area contributed by atoms with Gasteiger partial charge < -0.3 is 4.90 Å². The molecule has 5 heteroatoms. The molecule has 0 aliphatic carbocycles. The van der Waals surface area contributed by atoms with Gasteiger partial charge in [0.05, 0.1) is 17.9 Å². The van der Waals surface area contributed by atoms with Crippen LogP contribution in [0.2, 0.25) is 0 Å². The molecule has 0 atom stereocenters. The Morgan fingerprint density at radius 1 is 1.33 bits per heavy atom. The Morgan fingerprint density at radius 3 is 2.27 bits per heavy atom. The van der Waals surface area contributed by atoms with E-state index in [-0.39, 0.29) is 12.0 Å². The molecule has 0 amide bonds. The third-order valence-corrected chi connectivity index (χ3v) is 2.94. The zero-order chi connectivity index (χ0) is 11.5. The molecule has 0 aromatic carbocycles. The maximum atomic E-state index is 11.9. The molecule has 1 rings (SSSR count). The SMILES string of the molecule is CC1(C#N)CCN(CCC(F)(F)F)CC1. The molecule has 0 aromatic heterocycles. The Morgan fingerprint density at radius 2 is 1.87 bits per heavy atom. The number of likely N-dealkylation sites (tertiary alicyclic amines) is 1. The minimum atomic E-state index is -4.07. The first-order chi connectivity index (χ1) is 6.85. The lowest BCUT2D eigenvalue weighted by atomic mass is 9.82. The molecule has 0 unspecified atom stereocenters. The van der Waals surface area contributed by atoms with Gasteiger partial charge in [-0.25, -0.2) is 0 Å². The van der Waals surface area contributed by atoms with Crippen LogP contribution in [0.3, 0.4) is 0 Å². The highest BCUT2D eigenvalue weighted by atomic mass is 19.4. The quantitative estimate of drug-likeness (QED) is 0.715. The number of piperidine rings is 1. The van der Waals surface area contributed by atoms with Crippen molar-refractivity contribution in [1.82, 2.24) is 4.90 Å². The van der Waals surface area contributed by atoms with Crippen LogP contribution in [0, 0.1) is 16.7 Å². The largest absolute Gasteiger partial charge is 0.390 e. The second-order valence-electron chi connectivity index (χ2n) is 4.38. The van der Waals surface area contributed by atoms with Crippen LogP contribution in [0.4, 0.5) is 13.2 Å². The fraction of sp³-hybridized carbons (Fsp3) is 0.900. The molecule has 1 aliphatic rings. The molecule has 1 heterocycles. The second-order valence-corrected chi connectivity index (χ2v) is 4.38. The van der Waals surface area contributed by atoms with E-state index in [0.29, 0.717) is 25.9 Å². The summed E-state index contributed by atoms with van der Waals surface area (Å²) in [4.78, 5) is 1.78. The molecule has 1 aliphatic heterocycles. The van der Waals surface area contributed by atoms with Gasteiger partial charge in [0.15, 0.2) is 0 Å². The molecule has 0 spiro atoms. The Balaban J connectivity index is 2.30. The molecule has 86 valence electrons. The zero-order valence-electron chi connectivity index (χ0n) is 8.77. The summed E-state index contributed by atoms with van der Waals surface area (Å²) in [5.74, 6) is 0. The molecular formula is C10H15F3N2. The van der Waals surface area contributed by atoms with Crippen molar-refractivity contribution < 1.29 is 13.2 Å². The summed E-state index contributed by atoms with van der Waals surface area (Å²) in [6.45, 7) is 3.12. The number of hydrogen-bond donors (Lipinski definition) is 0. The van der Waals surface area contributed by atoms with Crippen molar-refractivity contribution in [2.45, 2.75) is 32.4 Å². The van der Waals surface area contributed by atoms with Crippen LogP contribution < -0.4 is 0 Å². The summed E-state index contributed by atoms with van der Waals surface area (Å²) in [5.41, 5.74) is -0.339. The summed E-state index contributed by atoms with van der Waals surface area (Å²) < 4.78 is 35.8. The number of alkyl halides is 3. The number of halogens is 3. The third-order valence-electron chi connectivity index (χ3n) is 2.94. The monoisotopic (exact) mass is 220 g/mol. The van der Waals surface area contributed by atoms with Crippen molar-refractivity contribution in [1.29, 1.82) is 5.26 Å². The van der Waals surface area contributed by atoms with Gasteiger partial charge in [-0.05, 0) is 32.9 Å². The van der Waals surface area contributed by atoms with Crippen LogP contribution in [0.5, 0.6) is 0 Å². The van der Waals surface area contributed by atoms with E-state index in [1.54, 1.807) is 4.90 Å². The van der Waals surface area contributed by atoms with Gasteiger partial charge in [-0.3, -0.25) is 0 Å². The average Bonchev–Trinajstić information content (AvgIpc) is 2.16. The fourth-order valence-electron chi connectivity index (χ4n) is 1.67. The van der Waals surface area contributed by atoms with Crippen molar-refractivity contribution in [2.24, 2.45) is 5.41 Å². The third kappa shape index (κ3) is 4.08. The van der Waals surface area contributed by atoms with E-state index in [1.807, 2.05) is 6.92 Å². The molecule has 0 saturated carbocycles.